The van der Waals surface area contributed by atoms with Gasteiger partial charge in [0, 0.05) is 29.8 Å². The molecule has 3 aromatic rings. The molecule has 1 aliphatic rings. The number of halogens is 2. The Morgan fingerprint density at radius 2 is 1.96 bits per heavy atom. The Kier molecular flexibility index (Phi) is 5.00. The van der Waals surface area contributed by atoms with Crippen LogP contribution in [0.5, 0.6) is 0 Å². The number of nitrogens with zero attached hydrogens (tertiary/aromatic N) is 4. The molecule has 1 aromatic carbocycles. The maximum absolute atomic E-state index is 9.89. The zero-order valence-electron chi connectivity index (χ0n) is 15.9. The lowest BCUT2D eigenvalue weighted by molar-refractivity contribution is 0.275. The SMILES string of the molecule is Cc1nc(N2CCC(C)(N)CC2)n2c(CO)cnc2c1-c1cccc(Cl)c1Cl. The van der Waals surface area contributed by atoms with Crippen LogP contribution in [-0.4, -0.2) is 38.1 Å². The number of fused-ring (bicyclic) bond motifs is 1. The second kappa shape index (κ2) is 7.19. The molecule has 0 unspecified atom stereocenters. The third-order valence-corrected chi connectivity index (χ3v) is 6.28. The van der Waals surface area contributed by atoms with Crippen LogP contribution in [0.15, 0.2) is 24.4 Å². The van der Waals surface area contributed by atoms with Gasteiger partial charge < -0.3 is 15.7 Å². The Hall–Kier alpha value is -1.86. The zero-order valence-corrected chi connectivity index (χ0v) is 17.4. The van der Waals surface area contributed by atoms with Crippen molar-refractivity contribution in [1.82, 2.24) is 14.4 Å². The topological polar surface area (TPSA) is 79.7 Å². The average Bonchev–Trinajstić information content (AvgIpc) is 3.08. The second-order valence-corrected chi connectivity index (χ2v) is 8.47. The van der Waals surface area contributed by atoms with Crippen LogP contribution in [0, 0.1) is 6.92 Å². The molecule has 1 aliphatic heterocycles. The highest BCUT2D eigenvalue weighted by Gasteiger charge is 2.29. The highest BCUT2D eigenvalue weighted by atomic mass is 35.5. The highest BCUT2D eigenvalue weighted by molar-refractivity contribution is 6.43. The normalized spacial score (nSPS) is 16.7. The number of rotatable bonds is 3. The van der Waals surface area contributed by atoms with E-state index in [-0.39, 0.29) is 12.1 Å². The average molecular weight is 420 g/mol. The molecule has 0 aliphatic carbocycles. The number of hydrogen-bond acceptors (Lipinski definition) is 5. The molecule has 3 heterocycles. The summed E-state index contributed by atoms with van der Waals surface area (Å²) in [4.78, 5) is 11.7. The number of anilines is 1. The van der Waals surface area contributed by atoms with Gasteiger partial charge in [0.25, 0.3) is 0 Å². The van der Waals surface area contributed by atoms with Gasteiger partial charge in [0.1, 0.15) is 5.65 Å². The van der Waals surface area contributed by atoms with Gasteiger partial charge in [0.05, 0.1) is 34.2 Å². The van der Waals surface area contributed by atoms with Crippen molar-refractivity contribution in [2.45, 2.75) is 38.8 Å². The van der Waals surface area contributed by atoms with E-state index >= 15 is 0 Å². The first kappa shape index (κ1) is 19.5. The van der Waals surface area contributed by atoms with Crippen LogP contribution in [0.4, 0.5) is 5.95 Å². The fourth-order valence-electron chi connectivity index (χ4n) is 3.76. The minimum absolute atomic E-state index is 0.135. The van der Waals surface area contributed by atoms with Crippen molar-refractivity contribution in [3.05, 3.63) is 45.8 Å². The van der Waals surface area contributed by atoms with Crippen LogP contribution in [0.1, 0.15) is 31.2 Å². The summed E-state index contributed by atoms with van der Waals surface area (Å²) in [5, 5.41) is 10.8. The number of nitrogens with two attached hydrogens (primary N) is 1. The molecule has 0 spiro atoms. The number of aliphatic hydroxyl groups excluding tert-OH is 1. The number of aliphatic hydroxyl groups is 1. The molecule has 0 atom stereocenters. The molecule has 0 radical (unpaired) electrons. The summed E-state index contributed by atoms with van der Waals surface area (Å²) < 4.78 is 1.92. The third-order valence-electron chi connectivity index (χ3n) is 5.46. The summed E-state index contributed by atoms with van der Waals surface area (Å²) in [7, 11) is 0. The Bertz CT molecular complexity index is 1040. The van der Waals surface area contributed by atoms with E-state index in [1.807, 2.05) is 23.5 Å². The summed E-state index contributed by atoms with van der Waals surface area (Å²) in [5.41, 5.74) is 9.92. The van der Waals surface area contributed by atoms with Crippen molar-refractivity contribution < 1.29 is 5.11 Å². The van der Waals surface area contributed by atoms with Gasteiger partial charge in [-0.25, -0.2) is 9.97 Å². The van der Waals surface area contributed by atoms with Gasteiger partial charge in [-0.05, 0) is 32.8 Å². The Labute approximate surface area is 173 Å². The van der Waals surface area contributed by atoms with Crippen molar-refractivity contribution in [3.8, 4) is 11.1 Å². The molecule has 148 valence electrons. The van der Waals surface area contributed by atoms with E-state index in [1.165, 1.54) is 0 Å². The number of piperidine rings is 1. The molecule has 2 aromatic heterocycles. The van der Waals surface area contributed by atoms with Gasteiger partial charge in [-0.2, -0.15) is 0 Å². The number of hydrogen-bond donors (Lipinski definition) is 2. The van der Waals surface area contributed by atoms with Gasteiger partial charge in [-0.1, -0.05) is 35.3 Å². The van der Waals surface area contributed by atoms with E-state index in [4.69, 9.17) is 33.9 Å². The second-order valence-electron chi connectivity index (χ2n) is 7.68. The van der Waals surface area contributed by atoms with Crippen molar-refractivity contribution >= 4 is 34.8 Å². The van der Waals surface area contributed by atoms with Crippen LogP contribution in [0.3, 0.4) is 0 Å². The Morgan fingerprint density at radius 1 is 1.25 bits per heavy atom. The molecule has 1 saturated heterocycles. The van der Waals surface area contributed by atoms with Gasteiger partial charge in [0.2, 0.25) is 5.95 Å². The van der Waals surface area contributed by atoms with Crippen molar-refractivity contribution in [3.63, 3.8) is 0 Å². The monoisotopic (exact) mass is 419 g/mol. The number of aryl methyl sites for hydroxylation is 1. The zero-order chi connectivity index (χ0) is 20.1. The molecule has 6 nitrogen and oxygen atoms in total. The van der Waals surface area contributed by atoms with Crippen LogP contribution in [-0.2, 0) is 6.61 Å². The first-order valence-electron chi connectivity index (χ1n) is 9.28. The van der Waals surface area contributed by atoms with Gasteiger partial charge >= 0.3 is 0 Å². The number of aromatic nitrogens is 3. The first-order chi connectivity index (χ1) is 13.3. The van der Waals surface area contributed by atoms with Gasteiger partial charge in [-0.3, -0.25) is 4.40 Å². The maximum Gasteiger partial charge on any atom is 0.211 e. The van der Waals surface area contributed by atoms with Crippen molar-refractivity contribution in [1.29, 1.82) is 0 Å². The Morgan fingerprint density at radius 3 is 2.64 bits per heavy atom. The van der Waals surface area contributed by atoms with E-state index in [0.29, 0.717) is 21.4 Å². The van der Waals surface area contributed by atoms with Crippen LogP contribution < -0.4 is 10.6 Å². The van der Waals surface area contributed by atoms with Crippen molar-refractivity contribution in [2.24, 2.45) is 5.73 Å². The molecule has 3 N–H and O–H groups in total. The lowest BCUT2D eigenvalue weighted by Crippen LogP contribution is -2.49. The molecular formula is C20H23Cl2N5O. The predicted octanol–water partition coefficient (Wildman–Crippen LogP) is 3.82. The molecule has 4 rings (SSSR count). The van der Waals surface area contributed by atoms with Crippen LogP contribution in [0.2, 0.25) is 10.0 Å². The van der Waals surface area contributed by atoms with E-state index in [1.54, 1.807) is 12.3 Å². The molecule has 1 fully saturated rings. The standard InChI is InChI=1S/C20H23Cl2N5O/c1-12-16(14-4-3-5-15(21)17(14)22)18-24-10-13(11-28)27(18)19(25-12)26-8-6-20(2,23)7-9-26/h3-5,10,28H,6-9,11,23H2,1-2H3. The van der Waals surface area contributed by atoms with E-state index in [9.17, 15) is 5.11 Å². The number of benzene rings is 1. The third kappa shape index (κ3) is 3.24. The highest BCUT2D eigenvalue weighted by Crippen LogP contribution is 2.38. The lowest BCUT2D eigenvalue weighted by atomic mass is 9.91. The fourth-order valence-corrected chi connectivity index (χ4v) is 4.15. The summed E-state index contributed by atoms with van der Waals surface area (Å²) in [6.45, 7) is 5.49. The molecule has 8 heteroatoms. The van der Waals surface area contributed by atoms with E-state index < -0.39 is 0 Å². The molecule has 0 saturated carbocycles. The summed E-state index contributed by atoms with van der Waals surface area (Å²) >= 11 is 12.7. The lowest BCUT2D eigenvalue weighted by Gasteiger charge is -2.37. The molecular weight excluding hydrogens is 397 g/mol. The van der Waals surface area contributed by atoms with E-state index in [0.717, 1.165) is 48.7 Å². The molecule has 0 bridgehead atoms. The molecule has 28 heavy (non-hydrogen) atoms. The summed E-state index contributed by atoms with van der Waals surface area (Å²) in [6.07, 6.45) is 3.43. The maximum atomic E-state index is 9.89. The van der Waals surface area contributed by atoms with Crippen LogP contribution in [0.25, 0.3) is 16.8 Å². The summed E-state index contributed by atoms with van der Waals surface area (Å²) in [5.74, 6) is 0.770. The predicted molar refractivity (Wildman–Crippen MR) is 113 cm³/mol. The minimum atomic E-state index is -0.159. The summed E-state index contributed by atoms with van der Waals surface area (Å²) in [6, 6.07) is 5.52. The van der Waals surface area contributed by atoms with Gasteiger partial charge in [0.15, 0.2) is 0 Å². The minimum Gasteiger partial charge on any atom is -0.390 e. The van der Waals surface area contributed by atoms with E-state index in [2.05, 4.69) is 16.8 Å². The number of imidazole rings is 1. The van der Waals surface area contributed by atoms with Crippen LogP contribution >= 0.6 is 23.2 Å². The first-order valence-corrected chi connectivity index (χ1v) is 10.0. The fraction of sp³-hybridized carbons (Fsp3) is 0.400. The van der Waals surface area contributed by atoms with Crippen molar-refractivity contribution in [2.75, 3.05) is 18.0 Å². The smallest absolute Gasteiger partial charge is 0.211 e. The molecule has 0 amide bonds. The quantitative estimate of drug-likeness (QED) is 0.674. The Balaban J connectivity index is 1.93. The largest absolute Gasteiger partial charge is 0.390 e. The van der Waals surface area contributed by atoms with Gasteiger partial charge in [-0.15, -0.1) is 0 Å².